The summed E-state index contributed by atoms with van der Waals surface area (Å²) in [6.45, 7) is 10.4. The Bertz CT molecular complexity index is 1330. The van der Waals surface area contributed by atoms with Crippen LogP contribution in [0.5, 0.6) is 5.75 Å². The highest BCUT2D eigenvalue weighted by atomic mass is 16.3. The van der Waals surface area contributed by atoms with Crippen LogP contribution in [-0.2, 0) is 23.1 Å². The van der Waals surface area contributed by atoms with Crippen molar-refractivity contribution >= 4 is 11.8 Å². The number of benzene rings is 1. The van der Waals surface area contributed by atoms with Gasteiger partial charge in [0, 0.05) is 23.7 Å². The van der Waals surface area contributed by atoms with Crippen molar-refractivity contribution in [2.24, 2.45) is 23.5 Å². The number of pyridine rings is 1. The first-order valence-corrected chi connectivity index (χ1v) is 14.4. The van der Waals surface area contributed by atoms with Gasteiger partial charge in [0.25, 0.3) is 11.5 Å². The molecule has 1 saturated carbocycles. The number of aromatic hydroxyl groups is 1. The van der Waals surface area contributed by atoms with E-state index >= 15 is 0 Å². The Morgan fingerprint density at radius 2 is 2.00 bits per heavy atom. The van der Waals surface area contributed by atoms with Gasteiger partial charge in [0.05, 0.1) is 0 Å². The van der Waals surface area contributed by atoms with Gasteiger partial charge in [-0.05, 0) is 112 Å². The summed E-state index contributed by atoms with van der Waals surface area (Å²) in [5, 5.41) is 13.1. The molecule has 2 aromatic rings. The van der Waals surface area contributed by atoms with Crippen molar-refractivity contribution in [2.75, 3.05) is 13.1 Å². The maximum atomic E-state index is 13.2. The Morgan fingerprint density at radius 3 is 2.67 bits per heavy atom. The number of carbonyl (C=O) groups is 2. The number of nitrogens with one attached hydrogen (secondary N) is 2. The summed E-state index contributed by atoms with van der Waals surface area (Å²) in [5.41, 5.74) is 8.98. The van der Waals surface area contributed by atoms with Crippen LogP contribution in [-0.4, -0.2) is 52.0 Å². The first-order valence-electron chi connectivity index (χ1n) is 14.4. The van der Waals surface area contributed by atoms with Crippen LogP contribution >= 0.6 is 0 Å². The van der Waals surface area contributed by atoms with E-state index in [1.807, 2.05) is 26.0 Å². The molecule has 1 saturated heterocycles. The normalized spacial score (nSPS) is 25.6. The number of fused-ring (bicyclic) bond motifs is 2. The molecule has 4 unspecified atom stereocenters. The number of nitrogens with two attached hydrogens (primary N) is 1. The van der Waals surface area contributed by atoms with Crippen LogP contribution in [0, 0.1) is 24.7 Å². The SMILES string of the molecule is Cc1ccc(O)cc1C12CCN(CC3CC3)C(C)C1Cc1cc(C(=O)NC(CC(C)C)C(N)=O)c(=O)[nH]c1C2. The maximum absolute atomic E-state index is 13.2. The third kappa shape index (κ3) is 5.36. The Hall–Kier alpha value is -3.13. The van der Waals surface area contributed by atoms with Gasteiger partial charge in [-0.15, -0.1) is 0 Å². The van der Waals surface area contributed by atoms with E-state index < -0.39 is 23.4 Å². The second-order valence-electron chi connectivity index (χ2n) is 12.6. The molecule has 39 heavy (non-hydrogen) atoms. The minimum atomic E-state index is -0.830. The molecule has 0 spiro atoms. The van der Waals surface area contributed by atoms with E-state index in [0.717, 1.165) is 54.2 Å². The monoisotopic (exact) mass is 534 g/mol. The fourth-order valence-corrected chi connectivity index (χ4v) is 7.13. The Labute approximate surface area is 230 Å². The van der Waals surface area contributed by atoms with Gasteiger partial charge in [0.2, 0.25) is 5.91 Å². The third-order valence-electron chi connectivity index (χ3n) is 9.41. The minimum absolute atomic E-state index is 0.0168. The molecule has 5 rings (SSSR count). The number of primary amides is 1. The number of aromatic nitrogens is 1. The van der Waals surface area contributed by atoms with Crippen molar-refractivity contribution in [3.05, 3.63) is 62.6 Å². The van der Waals surface area contributed by atoms with E-state index in [1.165, 1.54) is 12.8 Å². The molecule has 2 heterocycles. The smallest absolute Gasteiger partial charge is 0.261 e. The van der Waals surface area contributed by atoms with Crippen LogP contribution in [0.2, 0.25) is 0 Å². The predicted molar refractivity (Wildman–Crippen MR) is 151 cm³/mol. The molecule has 8 heteroatoms. The lowest BCUT2D eigenvalue weighted by Crippen LogP contribution is -2.59. The van der Waals surface area contributed by atoms with Crippen LogP contribution in [0.4, 0.5) is 0 Å². The van der Waals surface area contributed by atoms with Crippen LogP contribution in [0.25, 0.3) is 0 Å². The third-order valence-corrected chi connectivity index (χ3v) is 9.41. The van der Waals surface area contributed by atoms with Gasteiger partial charge in [0.15, 0.2) is 0 Å². The lowest BCUT2D eigenvalue weighted by molar-refractivity contribution is -0.120. The molecular weight excluding hydrogens is 492 g/mol. The number of hydrogen-bond acceptors (Lipinski definition) is 5. The molecule has 2 amide bonds. The lowest BCUT2D eigenvalue weighted by atomic mass is 9.55. The zero-order valence-electron chi connectivity index (χ0n) is 23.5. The molecule has 4 atom stereocenters. The van der Waals surface area contributed by atoms with E-state index in [0.29, 0.717) is 18.9 Å². The van der Waals surface area contributed by atoms with Crippen LogP contribution in [0.15, 0.2) is 29.1 Å². The standard InChI is InChI=1S/C31H42N4O4/c1-17(2)11-26(28(32)37)33-29(38)23-12-21-13-25-19(4)35(16-20-6-7-20)10-9-31(25,15-27(21)34-30(23)39)24-14-22(36)8-5-18(24)3/h5,8,12,14,17,19-20,25-26,36H,6-7,9-11,13,15-16H2,1-4H3,(H2,32,37)(H,33,38)(H,34,39). The Kier molecular flexibility index (Phi) is 7.35. The molecule has 8 nitrogen and oxygen atoms in total. The van der Waals surface area contributed by atoms with Gasteiger partial charge in [-0.3, -0.25) is 14.4 Å². The fraction of sp³-hybridized carbons (Fsp3) is 0.581. The highest BCUT2D eigenvalue weighted by Gasteiger charge is 2.51. The number of H-pyrrole nitrogens is 1. The number of amides is 2. The molecule has 2 aliphatic carbocycles. The quantitative estimate of drug-likeness (QED) is 0.414. The van der Waals surface area contributed by atoms with Gasteiger partial charge in [-0.25, -0.2) is 0 Å². The van der Waals surface area contributed by atoms with Crippen molar-refractivity contribution in [2.45, 2.75) is 83.7 Å². The Balaban J connectivity index is 1.52. The van der Waals surface area contributed by atoms with Gasteiger partial charge in [-0.2, -0.15) is 0 Å². The van der Waals surface area contributed by atoms with E-state index in [-0.39, 0.29) is 28.6 Å². The van der Waals surface area contributed by atoms with E-state index in [1.54, 1.807) is 12.1 Å². The number of piperidine rings is 1. The summed E-state index contributed by atoms with van der Waals surface area (Å²) in [7, 11) is 0. The van der Waals surface area contributed by atoms with Crippen molar-refractivity contribution in [3.63, 3.8) is 0 Å². The van der Waals surface area contributed by atoms with Crippen molar-refractivity contribution in [1.82, 2.24) is 15.2 Å². The number of nitrogens with zero attached hydrogens (tertiary/aromatic N) is 1. The van der Waals surface area contributed by atoms with E-state index in [9.17, 15) is 19.5 Å². The minimum Gasteiger partial charge on any atom is -0.508 e. The number of phenolic OH excluding ortho intramolecular Hbond substituents is 1. The van der Waals surface area contributed by atoms with Crippen LogP contribution in [0.1, 0.15) is 79.2 Å². The Morgan fingerprint density at radius 1 is 1.26 bits per heavy atom. The summed E-state index contributed by atoms with van der Waals surface area (Å²) < 4.78 is 0. The molecule has 0 bridgehead atoms. The maximum Gasteiger partial charge on any atom is 0.261 e. The second kappa shape index (κ2) is 10.5. The average molecular weight is 535 g/mol. The molecule has 0 radical (unpaired) electrons. The highest BCUT2D eigenvalue weighted by Crippen LogP contribution is 2.51. The first kappa shape index (κ1) is 27.4. The summed E-state index contributed by atoms with van der Waals surface area (Å²) in [6, 6.07) is 6.83. The zero-order valence-corrected chi connectivity index (χ0v) is 23.5. The number of aryl methyl sites for hydroxylation is 1. The van der Waals surface area contributed by atoms with Gasteiger partial charge in [-0.1, -0.05) is 19.9 Å². The van der Waals surface area contributed by atoms with Gasteiger partial charge in [0.1, 0.15) is 17.4 Å². The first-order chi connectivity index (χ1) is 18.5. The molecule has 2 fully saturated rings. The van der Waals surface area contributed by atoms with Gasteiger partial charge < -0.3 is 26.0 Å². The molecule has 5 N–H and O–H groups in total. The number of phenols is 1. The lowest BCUT2D eigenvalue weighted by Gasteiger charge is -2.55. The second-order valence-corrected chi connectivity index (χ2v) is 12.6. The molecular formula is C31H42N4O4. The molecule has 1 aliphatic heterocycles. The number of hydrogen-bond donors (Lipinski definition) is 4. The summed E-state index contributed by atoms with van der Waals surface area (Å²) >= 11 is 0. The van der Waals surface area contributed by atoms with Crippen molar-refractivity contribution in [3.8, 4) is 5.75 Å². The summed E-state index contributed by atoms with van der Waals surface area (Å²) in [6.07, 6.45) is 5.32. The zero-order chi connectivity index (χ0) is 28.1. The van der Waals surface area contributed by atoms with E-state index in [2.05, 4.69) is 29.0 Å². The highest BCUT2D eigenvalue weighted by molar-refractivity contribution is 5.97. The topological polar surface area (TPSA) is 129 Å². The van der Waals surface area contributed by atoms with Crippen molar-refractivity contribution in [1.29, 1.82) is 0 Å². The molecule has 210 valence electrons. The van der Waals surface area contributed by atoms with Crippen LogP contribution in [0.3, 0.4) is 0 Å². The van der Waals surface area contributed by atoms with Crippen LogP contribution < -0.4 is 16.6 Å². The van der Waals surface area contributed by atoms with E-state index in [4.69, 9.17) is 5.73 Å². The summed E-state index contributed by atoms with van der Waals surface area (Å²) in [4.78, 5) is 44.0. The number of likely N-dealkylation sites (tertiary alicyclic amines) is 1. The summed E-state index contributed by atoms with van der Waals surface area (Å²) in [5.74, 6) is 0.271. The number of carbonyl (C=O) groups excluding carboxylic acids is 2. The predicted octanol–water partition coefficient (Wildman–Crippen LogP) is 3.18. The average Bonchev–Trinajstić information content (AvgIpc) is 3.69. The largest absolute Gasteiger partial charge is 0.508 e. The molecule has 1 aromatic carbocycles. The molecule has 3 aliphatic rings. The molecule has 1 aromatic heterocycles. The van der Waals surface area contributed by atoms with Crippen molar-refractivity contribution < 1.29 is 14.7 Å². The number of aromatic amines is 1. The number of rotatable bonds is 8. The van der Waals surface area contributed by atoms with Gasteiger partial charge >= 0.3 is 0 Å². The fourth-order valence-electron chi connectivity index (χ4n) is 7.13.